The summed E-state index contributed by atoms with van der Waals surface area (Å²) >= 11 is 0. The highest BCUT2D eigenvalue weighted by atomic mass is 16.6. The van der Waals surface area contributed by atoms with E-state index in [4.69, 9.17) is 0 Å². The number of hydrogen-bond acceptors (Lipinski definition) is 6. The van der Waals surface area contributed by atoms with Crippen molar-refractivity contribution in [1.29, 1.82) is 0 Å². The SMILES string of the molecule is CC(=O)N1CCN(c2nc(C)nc(C)c2Cc2ccc([N+](=O)[O-])cc2)CC1. The van der Waals surface area contributed by atoms with Crippen LogP contribution in [0.25, 0.3) is 0 Å². The average Bonchev–Trinajstić information content (AvgIpc) is 2.64. The molecule has 0 unspecified atom stereocenters. The van der Waals surface area contributed by atoms with Crippen LogP contribution in [0.4, 0.5) is 11.5 Å². The summed E-state index contributed by atoms with van der Waals surface area (Å²) in [6.07, 6.45) is 0.604. The molecule has 0 saturated carbocycles. The molecule has 2 heterocycles. The molecule has 0 aliphatic carbocycles. The van der Waals surface area contributed by atoms with Gasteiger partial charge in [-0.2, -0.15) is 0 Å². The summed E-state index contributed by atoms with van der Waals surface area (Å²) in [4.78, 5) is 35.2. The molecule has 1 saturated heterocycles. The second-order valence-corrected chi connectivity index (χ2v) is 6.75. The van der Waals surface area contributed by atoms with Crippen LogP contribution in [0.15, 0.2) is 24.3 Å². The Morgan fingerprint density at radius 2 is 1.74 bits per heavy atom. The third-order valence-corrected chi connectivity index (χ3v) is 4.86. The van der Waals surface area contributed by atoms with Crippen LogP contribution in [0.2, 0.25) is 0 Å². The first-order valence-electron chi connectivity index (χ1n) is 8.93. The zero-order valence-corrected chi connectivity index (χ0v) is 15.8. The zero-order chi connectivity index (χ0) is 19.6. The third-order valence-electron chi connectivity index (χ3n) is 4.86. The molecule has 27 heavy (non-hydrogen) atoms. The zero-order valence-electron chi connectivity index (χ0n) is 15.8. The van der Waals surface area contributed by atoms with Crippen LogP contribution in [0.5, 0.6) is 0 Å². The summed E-state index contributed by atoms with van der Waals surface area (Å²) in [7, 11) is 0. The number of rotatable bonds is 4. The molecule has 1 aromatic carbocycles. The molecule has 0 N–H and O–H groups in total. The molecular formula is C19H23N5O3. The molecule has 1 fully saturated rings. The highest BCUT2D eigenvalue weighted by molar-refractivity contribution is 5.73. The van der Waals surface area contributed by atoms with Gasteiger partial charge in [-0.3, -0.25) is 14.9 Å². The van der Waals surface area contributed by atoms with Gasteiger partial charge < -0.3 is 9.80 Å². The third kappa shape index (κ3) is 4.21. The van der Waals surface area contributed by atoms with E-state index < -0.39 is 4.92 Å². The molecule has 8 heteroatoms. The van der Waals surface area contributed by atoms with E-state index in [2.05, 4.69) is 14.9 Å². The van der Waals surface area contributed by atoms with E-state index in [0.29, 0.717) is 25.3 Å². The van der Waals surface area contributed by atoms with Crippen molar-refractivity contribution >= 4 is 17.4 Å². The number of amides is 1. The molecule has 142 valence electrons. The maximum atomic E-state index is 11.6. The van der Waals surface area contributed by atoms with Gasteiger partial charge in [-0.15, -0.1) is 0 Å². The summed E-state index contributed by atoms with van der Waals surface area (Å²) in [5.41, 5.74) is 2.98. The van der Waals surface area contributed by atoms with E-state index in [9.17, 15) is 14.9 Å². The molecule has 1 aromatic heterocycles. The Kier molecular flexibility index (Phi) is 5.34. The van der Waals surface area contributed by atoms with Crippen LogP contribution >= 0.6 is 0 Å². The molecule has 0 atom stereocenters. The normalized spacial score (nSPS) is 14.3. The van der Waals surface area contributed by atoms with Gasteiger partial charge in [-0.05, 0) is 19.4 Å². The molecular weight excluding hydrogens is 346 g/mol. The summed E-state index contributed by atoms with van der Waals surface area (Å²) in [5, 5.41) is 10.8. The Morgan fingerprint density at radius 3 is 2.30 bits per heavy atom. The number of anilines is 1. The summed E-state index contributed by atoms with van der Waals surface area (Å²) in [5.74, 6) is 1.70. The number of carbonyl (C=O) groups excluding carboxylic acids is 1. The fourth-order valence-electron chi connectivity index (χ4n) is 3.36. The summed E-state index contributed by atoms with van der Waals surface area (Å²) < 4.78 is 0. The van der Waals surface area contributed by atoms with Gasteiger partial charge in [-0.25, -0.2) is 9.97 Å². The highest BCUT2D eigenvalue weighted by Gasteiger charge is 2.23. The highest BCUT2D eigenvalue weighted by Crippen LogP contribution is 2.26. The van der Waals surface area contributed by atoms with Crippen LogP contribution in [-0.2, 0) is 11.2 Å². The Labute approximate surface area is 158 Å². The smallest absolute Gasteiger partial charge is 0.269 e. The molecule has 1 amide bonds. The van der Waals surface area contributed by atoms with E-state index in [1.807, 2.05) is 18.7 Å². The lowest BCUT2D eigenvalue weighted by molar-refractivity contribution is -0.384. The number of nitro groups is 1. The van der Waals surface area contributed by atoms with Gasteiger partial charge in [0.1, 0.15) is 11.6 Å². The predicted molar refractivity (Wildman–Crippen MR) is 102 cm³/mol. The van der Waals surface area contributed by atoms with Gasteiger partial charge in [0.15, 0.2) is 0 Å². The number of aryl methyl sites for hydroxylation is 2. The molecule has 2 aromatic rings. The van der Waals surface area contributed by atoms with Gasteiger partial charge in [0.25, 0.3) is 5.69 Å². The van der Waals surface area contributed by atoms with Crippen LogP contribution in [0.1, 0.15) is 29.6 Å². The van der Waals surface area contributed by atoms with Gasteiger partial charge >= 0.3 is 0 Å². The number of piperazine rings is 1. The number of aromatic nitrogens is 2. The van der Waals surface area contributed by atoms with E-state index in [-0.39, 0.29) is 11.6 Å². The lowest BCUT2D eigenvalue weighted by Crippen LogP contribution is -2.48. The van der Waals surface area contributed by atoms with E-state index in [1.165, 1.54) is 12.1 Å². The second kappa shape index (κ2) is 7.69. The lowest BCUT2D eigenvalue weighted by atomic mass is 10.0. The van der Waals surface area contributed by atoms with Crippen LogP contribution in [0.3, 0.4) is 0 Å². The first-order chi connectivity index (χ1) is 12.8. The Morgan fingerprint density at radius 1 is 1.11 bits per heavy atom. The first-order valence-corrected chi connectivity index (χ1v) is 8.93. The fourth-order valence-corrected chi connectivity index (χ4v) is 3.36. The molecule has 0 radical (unpaired) electrons. The van der Waals surface area contributed by atoms with Crippen LogP contribution in [0, 0.1) is 24.0 Å². The largest absolute Gasteiger partial charge is 0.353 e. The van der Waals surface area contributed by atoms with E-state index in [0.717, 1.165) is 35.7 Å². The van der Waals surface area contributed by atoms with Crippen molar-refractivity contribution in [1.82, 2.24) is 14.9 Å². The number of hydrogen-bond donors (Lipinski definition) is 0. The Bertz CT molecular complexity index is 858. The Balaban J connectivity index is 1.87. The summed E-state index contributed by atoms with van der Waals surface area (Å²) in [6, 6.07) is 6.58. The predicted octanol–water partition coefficient (Wildman–Crippen LogP) is 2.26. The monoisotopic (exact) mass is 369 g/mol. The van der Waals surface area contributed by atoms with Crippen molar-refractivity contribution in [2.45, 2.75) is 27.2 Å². The molecule has 0 bridgehead atoms. The number of nitro benzene ring substituents is 1. The van der Waals surface area contributed by atoms with Crippen molar-refractivity contribution < 1.29 is 9.72 Å². The van der Waals surface area contributed by atoms with Gasteiger partial charge in [0, 0.05) is 62.9 Å². The number of nitrogens with zero attached hydrogens (tertiary/aromatic N) is 5. The lowest BCUT2D eigenvalue weighted by Gasteiger charge is -2.36. The van der Waals surface area contributed by atoms with Crippen LogP contribution < -0.4 is 4.90 Å². The Hall–Kier alpha value is -3.03. The van der Waals surface area contributed by atoms with Crippen molar-refractivity contribution in [2.75, 3.05) is 31.1 Å². The molecule has 8 nitrogen and oxygen atoms in total. The van der Waals surface area contributed by atoms with Gasteiger partial charge in [0.2, 0.25) is 5.91 Å². The minimum Gasteiger partial charge on any atom is -0.353 e. The van der Waals surface area contributed by atoms with Crippen molar-refractivity contribution in [3.63, 3.8) is 0 Å². The number of benzene rings is 1. The molecule has 1 aliphatic rings. The maximum Gasteiger partial charge on any atom is 0.269 e. The van der Waals surface area contributed by atoms with Crippen LogP contribution in [-0.4, -0.2) is 51.9 Å². The standard InChI is InChI=1S/C19H23N5O3/c1-13-18(12-16-4-6-17(7-5-16)24(26)27)19(21-14(2)20-13)23-10-8-22(9-11-23)15(3)25/h4-7H,8-12H2,1-3H3. The topological polar surface area (TPSA) is 92.5 Å². The van der Waals surface area contributed by atoms with Gasteiger partial charge in [-0.1, -0.05) is 12.1 Å². The minimum atomic E-state index is -0.399. The fraction of sp³-hybridized carbons (Fsp3) is 0.421. The summed E-state index contributed by atoms with van der Waals surface area (Å²) in [6.45, 7) is 8.23. The van der Waals surface area contributed by atoms with Crippen molar-refractivity contribution in [3.8, 4) is 0 Å². The minimum absolute atomic E-state index is 0.0798. The second-order valence-electron chi connectivity index (χ2n) is 6.75. The molecule has 0 spiro atoms. The molecule has 1 aliphatic heterocycles. The van der Waals surface area contributed by atoms with Crippen molar-refractivity contribution in [3.05, 3.63) is 57.0 Å². The number of non-ortho nitro benzene ring substituents is 1. The molecule has 3 rings (SSSR count). The van der Waals surface area contributed by atoms with Crippen molar-refractivity contribution in [2.24, 2.45) is 0 Å². The number of carbonyl (C=O) groups is 1. The van der Waals surface area contributed by atoms with E-state index >= 15 is 0 Å². The average molecular weight is 369 g/mol. The maximum absolute atomic E-state index is 11.6. The van der Waals surface area contributed by atoms with E-state index in [1.54, 1.807) is 19.1 Å². The first kappa shape index (κ1) is 18.8. The quantitative estimate of drug-likeness (QED) is 0.606. The van der Waals surface area contributed by atoms with Gasteiger partial charge in [0.05, 0.1) is 4.92 Å².